The summed E-state index contributed by atoms with van der Waals surface area (Å²) in [7, 11) is 0. The number of nitrogens with one attached hydrogen (secondary N) is 1. The number of carbonyl (C=O) groups is 1. The minimum absolute atomic E-state index is 0.00379. The number of H-pyrrole nitrogens is 1. The van der Waals surface area contributed by atoms with Crippen LogP contribution in [-0.4, -0.2) is 28.6 Å². The van der Waals surface area contributed by atoms with Gasteiger partial charge in [-0.2, -0.15) is 0 Å². The Hall–Kier alpha value is -3.03. The number of hydrogen-bond acceptors (Lipinski definition) is 5. The summed E-state index contributed by atoms with van der Waals surface area (Å²) in [5.74, 6) is 0.219. The van der Waals surface area contributed by atoms with E-state index in [2.05, 4.69) is 4.98 Å². The van der Waals surface area contributed by atoms with E-state index in [0.717, 1.165) is 12.8 Å². The number of aromatic amines is 1. The Kier molecular flexibility index (Phi) is 7.43. The summed E-state index contributed by atoms with van der Waals surface area (Å²) in [5, 5.41) is 0. The highest BCUT2D eigenvalue weighted by Crippen LogP contribution is 2.19. The zero-order chi connectivity index (χ0) is 20.7. The number of amides is 1. The first-order valence-corrected chi connectivity index (χ1v) is 9.46. The van der Waals surface area contributed by atoms with E-state index >= 15 is 0 Å². The van der Waals surface area contributed by atoms with Gasteiger partial charge in [-0.1, -0.05) is 45.4 Å². The van der Waals surface area contributed by atoms with Crippen molar-refractivity contribution in [1.82, 2.24) is 9.55 Å². The van der Waals surface area contributed by atoms with Gasteiger partial charge in [-0.05, 0) is 24.5 Å². The summed E-state index contributed by atoms with van der Waals surface area (Å²) in [4.78, 5) is 41.1. The third kappa shape index (κ3) is 5.25. The van der Waals surface area contributed by atoms with Crippen LogP contribution in [0.1, 0.15) is 33.6 Å². The van der Waals surface area contributed by atoms with Gasteiger partial charge in [0.15, 0.2) is 12.3 Å². The molecule has 8 nitrogen and oxygen atoms in total. The van der Waals surface area contributed by atoms with E-state index in [1.165, 1.54) is 9.47 Å². The van der Waals surface area contributed by atoms with Gasteiger partial charge < -0.3 is 15.4 Å². The van der Waals surface area contributed by atoms with Gasteiger partial charge in [0, 0.05) is 13.1 Å². The fourth-order valence-corrected chi connectivity index (χ4v) is 2.80. The lowest BCUT2D eigenvalue weighted by molar-refractivity contribution is -0.120. The zero-order valence-corrected chi connectivity index (χ0v) is 16.6. The summed E-state index contributed by atoms with van der Waals surface area (Å²) in [5.41, 5.74) is 4.90. The molecule has 28 heavy (non-hydrogen) atoms. The quantitative estimate of drug-likeness (QED) is 0.682. The summed E-state index contributed by atoms with van der Waals surface area (Å²) in [6.07, 6.45) is 1.59. The van der Waals surface area contributed by atoms with E-state index in [4.69, 9.17) is 10.5 Å². The van der Waals surface area contributed by atoms with Crippen LogP contribution in [0, 0.1) is 5.92 Å². The number of carbonyl (C=O) groups excluding carboxylic acids is 1. The standard InChI is InChI=1S/C20H28N4O4/c1-4-5-11-23-18(21)17(19(26)22-20(23)27)24(12-14(2)3)16(25)13-28-15-9-7-6-8-10-15/h6-10,14H,4-5,11-13,21H2,1-3H3,(H,22,26,27). The monoisotopic (exact) mass is 388 g/mol. The van der Waals surface area contributed by atoms with Crippen molar-refractivity contribution in [3.05, 3.63) is 51.2 Å². The maximum atomic E-state index is 12.9. The van der Waals surface area contributed by atoms with E-state index in [9.17, 15) is 14.4 Å². The average Bonchev–Trinajstić information content (AvgIpc) is 2.65. The van der Waals surface area contributed by atoms with Crippen LogP contribution in [0.3, 0.4) is 0 Å². The van der Waals surface area contributed by atoms with Crippen LogP contribution in [0.5, 0.6) is 5.75 Å². The van der Waals surface area contributed by atoms with Crippen molar-refractivity contribution in [3.8, 4) is 5.75 Å². The van der Waals surface area contributed by atoms with E-state index in [1.54, 1.807) is 24.3 Å². The average molecular weight is 388 g/mol. The number of rotatable bonds is 9. The second-order valence-corrected chi connectivity index (χ2v) is 7.00. The highest BCUT2D eigenvalue weighted by molar-refractivity contribution is 5.96. The third-order valence-corrected chi connectivity index (χ3v) is 4.17. The number of ether oxygens (including phenoxy) is 1. The molecule has 0 aliphatic carbocycles. The number of nitrogen functional groups attached to an aromatic ring is 1. The van der Waals surface area contributed by atoms with E-state index in [0.29, 0.717) is 12.3 Å². The number of unbranched alkanes of at least 4 members (excludes halogenated alkanes) is 1. The smallest absolute Gasteiger partial charge is 0.330 e. The van der Waals surface area contributed by atoms with Crippen molar-refractivity contribution < 1.29 is 9.53 Å². The van der Waals surface area contributed by atoms with Gasteiger partial charge >= 0.3 is 5.69 Å². The van der Waals surface area contributed by atoms with Crippen molar-refractivity contribution in [2.75, 3.05) is 23.8 Å². The molecule has 8 heteroatoms. The first-order valence-electron chi connectivity index (χ1n) is 9.46. The Labute approximate surface area is 163 Å². The number of hydrogen-bond donors (Lipinski definition) is 2. The Bertz CT molecular complexity index is 903. The molecule has 3 N–H and O–H groups in total. The molecular formula is C20H28N4O4. The molecule has 0 spiro atoms. The number of aromatic nitrogens is 2. The predicted octanol–water partition coefficient (Wildman–Crippen LogP) is 1.99. The molecule has 0 aliphatic heterocycles. The molecule has 0 aliphatic rings. The Balaban J connectivity index is 2.37. The summed E-state index contributed by atoms with van der Waals surface area (Å²) in [6, 6.07) is 8.94. The van der Waals surface area contributed by atoms with Gasteiger partial charge in [0.1, 0.15) is 11.6 Å². The lowest BCUT2D eigenvalue weighted by Crippen LogP contribution is -2.44. The molecule has 1 amide bonds. The normalized spacial score (nSPS) is 10.9. The van der Waals surface area contributed by atoms with Crippen LogP contribution in [0.4, 0.5) is 11.5 Å². The van der Waals surface area contributed by atoms with Crippen molar-refractivity contribution in [3.63, 3.8) is 0 Å². The molecule has 0 radical (unpaired) electrons. The van der Waals surface area contributed by atoms with Gasteiger partial charge in [-0.3, -0.25) is 19.1 Å². The van der Waals surface area contributed by atoms with Crippen LogP contribution in [-0.2, 0) is 11.3 Å². The molecule has 0 saturated heterocycles. The van der Waals surface area contributed by atoms with Crippen molar-refractivity contribution in [2.45, 2.75) is 40.2 Å². The number of nitrogens with zero attached hydrogens (tertiary/aromatic N) is 2. The Morgan fingerprint density at radius 1 is 1.25 bits per heavy atom. The maximum Gasteiger partial charge on any atom is 0.330 e. The third-order valence-electron chi connectivity index (χ3n) is 4.17. The van der Waals surface area contributed by atoms with Gasteiger partial charge in [0.2, 0.25) is 0 Å². The Morgan fingerprint density at radius 2 is 1.93 bits per heavy atom. The van der Waals surface area contributed by atoms with Gasteiger partial charge in [0.25, 0.3) is 11.5 Å². The molecule has 1 heterocycles. The number of para-hydroxylation sites is 1. The molecule has 0 bridgehead atoms. The van der Waals surface area contributed by atoms with Gasteiger partial charge in [-0.15, -0.1) is 0 Å². The SMILES string of the molecule is CCCCn1c(N)c(N(CC(C)C)C(=O)COc2ccccc2)c(=O)[nH]c1=O. The number of benzene rings is 1. The Morgan fingerprint density at radius 3 is 2.54 bits per heavy atom. The molecular weight excluding hydrogens is 360 g/mol. The van der Waals surface area contributed by atoms with Crippen LogP contribution >= 0.6 is 0 Å². The lowest BCUT2D eigenvalue weighted by atomic mass is 10.2. The van der Waals surface area contributed by atoms with Crippen molar-refractivity contribution in [1.29, 1.82) is 0 Å². The van der Waals surface area contributed by atoms with Crippen LogP contribution < -0.4 is 26.6 Å². The molecule has 0 fully saturated rings. The molecule has 1 aromatic heterocycles. The van der Waals surface area contributed by atoms with E-state index in [-0.39, 0.29) is 30.6 Å². The zero-order valence-electron chi connectivity index (χ0n) is 16.6. The summed E-state index contributed by atoms with van der Waals surface area (Å²) >= 11 is 0. The van der Waals surface area contributed by atoms with Crippen LogP contribution in [0.2, 0.25) is 0 Å². The largest absolute Gasteiger partial charge is 0.484 e. The predicted molar refractivity (Wildman–Crippen MR) is 110 cm³/mol. The molecule has 2 rings (SSSR count). The van der Waals surface area contributed by atoms with E-state index < -0.39 is 17.2 Å². The van der Waals surface area contributed by atoms with Gasteiger partial charge in [0.05, 0.1) is 0 Å². The highest BCUT2D eigenvalue weighted by atomic mass is 16.5. The molecule has 1 aromatic carbocycles. The first-order chi connectivity index (χ1) is 13.3. The van der Waals surface area contributed by atoms with Crippen LogP contribution in [0.15, 0.2) is 39.9 Å². The first kappa shape index (κ1) is 21.3. The number of anilines is 2. The lowest BCUT2D eigenvalue weighted by Gasteiger charge is -2.26. The van der Waals surface area contributed by atoms with Gasteiger partial charge in [-0.25, -0.2) is 4.79 Å². The molecule has 152 valence electrons. The second kappa shape index (κ2) is 9.77. The topological polar surface area (TPSA) is 110 Å². The second-order valence-electron chi connectivity index (χ2n) is 7.00. The fourth-order valence-electron chi connectivity index (χ4n) is 2.80. The molecule has 0 saturated carbocycles. The minimum atomic E-state index is -0.677. The maximum absolute atomic E-state index is 12.9. The highest BCUT2D eigenvalue weighted by Gasteiger charge is 2.25. The minimum Gasteiger partial charge on any atom is -0.484 e. The summed E-state index contributed by atoms with van der Waals surface area (Å²) < 4.78 is 6.84. The van der Waals surface area contributed by atoms with E-state index in [1.807, 2.05) is 26.8 Å². The molecule has 0 unspecified atom stereocenters. The number of nitrogens with two attached hydrogens (primary N) is 1. The van der Waals surface area contributed by atoms with Crippen molar-refractivity contribution >= 4 is 17.4 Å². The molecule has 0 atom stereocenters. The fraction of sp³-hybridized carbons (Fsp3) is 0.450. The summed E-state index contributed by atoms with van der Waals surface area (Å²) in [6.45, 7) is 6.24. The van der Waals surface area contributed by atoms with Crippen molar-refractivity contribution in [2.24, 2.45) is 5.92 Å². The van der Waals surface area contributed by atoms with Crippen LogP contribution in [0.25, 0.3) is 0 Å². The molecule has 2 aromatic rings.